The van der Waals surface area contributed by atoms with Crippen LogP contribution in [0, 0.1) is 0 Å². The van der Waals surface area contributed by atoms with Crippen molar-refractivity contribution in [3.63, 3.8) is 0 Å². The minimum atomic E-state index is -4.52. The summed E-state index contributed by atoms with van der Waals surface area (Å²) in [7, 11) is 2.08. The number of nitrogens with zero attached hydrogens (tertiary/aromatic N) is 2. The van der Waals surface area contributed by atoms with Crippen LogP contribution >= 0.6 is 0 Å². The normalized spacial score (nSPS) is 21.7. The Bertz CT molecular complexity index is 490. The number of benzene rings is 1. The van der Waals surface area contributed by atoms with Gasteiger partial charge in [0.25, 0.3) is 0 Å². The number of likely N-dealkylation sites (N-methyl/N-ethyl adjacent to an activating group) is 1. The number of aromatic hydroxyl groups is 1. The minimum Gasteiger partial charge on any atom is -0.507 e. The van der Waals surface area contributed by atoms with Crippen molar-refractivity contribution in [1.82, 2.24) is 9.80 Å². The Morgan fingerprint density at radius 1 is 1.29 bits per heavy atom. The second kappa shape index (κ2) is 6.23. The van der Waals surface area contributed by atoms with Crippen LogP contribution < -0.4 is 0 Å². The van der Waals surface area contributed by atoms with Crippen LogP contribution in [0.15, 0.2) is 18.2 Å². The Morgan fingerprint density at radius 3 is 2.62 bits per heavy atom. The van der Waals surface area contributed by atoms with E-state index in [4.69, 9.17) is 0 Å². The molecule has 0 aliphatic carbocycles. The SMILES string of the molecule is CCC1CN(Cc2ccc(O)c(C(F)(F)F)c2)CCN1C. The summed E-state index contributed by atoms with van der Waals surface area (Å²) in [6.45, 7) is 5.22. The van der Waals surface area contributed by atoms with E-state index in [-0.39, 0.29) is 0 Å². The largest absolute Gasteiger partial charge is 0.507 e. The first-order valence-electron chi connectivity index (χ1n) is 7.13. The predicted molar refractivity (Wildman–Crippen MR) is 75.1 cm³/mol. The van der Waals surface area contributed by atoms with Crippen LogP contribution in [0.2, 0.25) is 0 Å². The van der Waals surface area contributed by atoms with Crippen LogP contribution in [-0.2, 0) is 12.7 Å². The van der Waals surface area contributed by atoms with E-state index < -0.39 is 17.5 Å². The highest BCUT2D eigenvalue weighted by atomic mass is 19.4. The predicted octanol–water partition coefficient (Wildman–Crippen LogP) is 2.94. The van der Waals surface area contributed by atoms with Crippen LogP contribution in [0.1, 0.15) is 24.5 Å². The zero-order valence-electron chi connectivity index (χ0n) is 12.3. The Kier molecular flexibility index (Phi) is 4.78. The van der Waals surface area contributed by atoms with Crippen LogP contribution in [-0.4, -0.2) is 47.6 Å². The maximum absolute atomic E-state index is 12.8. The van der Waals surface area contributed by atoms with Crippen LogP contribution in [0.25, 0.3) is 0 Å². The van der Waals surface area contributed by atoms with E-state index in [1.165, 1.54) is 0 Å². The van der Waals surface area contributed by atoms with E-state index in [2.05, 4.69) is 23.8 Å². The lowest BCUT2D eigenvalue weighted by molar-refractivity contribution is -0.138. The molecule has 6 heteroatoms. The van der Waals surface area contributed by atoms with E-state index >= 15 is 0 Å². The molecule has 0 saturated carbocycles. The summed E-state index contributed by atoms with van der Waals surface area (Å²) in [4.78, 5) is 4.45. The van der Waals surface area contributed by atoms with E-state index in [0.29, 0.717) is 18.2 Å². The fourth-order valence-corrected chi connectivity index (χ4v) is 2.76. The van der Waals surface area contributed by atoms with E-state index in [1.54, 1.807) is 6.07 Å². The number of phenols is 1. The van der Waals surface area contributed by atoms with Crippen molar-refractivity contribution in [2.45, 2.75) is 32.1 Å². The topological polar surface area (TPSA) is 26.7 Å². The van der Waals surface area contributed by atoms with Crippen molar-refractivity contribution in [2.24, 2.45) is 0 Å². The summed E-state index contributed by atoms with van der Waals surface area (Å²) in [6.07, 6.45) is -3.50. The number of alkyl halides is 3. The summed E-state index contributed by atoms with van der Waals surface area (Å²) in [5, 5.41) is 9.35. The van der Waals surface area contributed by atoms with Gasteiger partial charge in [-0.05, 0) is 31.2 Å². The van der Waals surface area contributed by atoms with Gasteiger partial charge in [0.15, 0.2) is 0 Å². The fourth-order valence-electron chi connectivity index (χ4n) is 2.76. The van der Waals surface area contributed by atoms with Crippen LogP contribution in [0.5, 0.6) is 5.75 Å². The van der Waals surface area contributed by atoms with Gasteiger partial charge in [-0.25, -0.2) is 0 Å². The van der Waals surface area contributed by atoms with Crippen molar-refractivity contribution in [3.8, 4) is 5.75 Å². The van der Waals surface area contributed by atoms with E-state index in [0.717, 1.165) is 38.2 Å². The number of rotatable bonds is 3. The molecule has 1 aliphatic rings. The highest BCUT2D eigenvalue weighted by Crippen LogP contribution is 2.36. The van der Waals surface area contributed by atoms with Gasteiger partial charge in [-0.1, -0.05) is 13.0 Å². The van der Waals surface area contributed by atoms with Crippen LogP contribution in [0.4, 0.5) is 13.2 Å². The standard InChI is InChI=1S/C15H21F3N2O/c1-3-12-10-20(7-6-19(12)2)9-11-4-5-14(21)13(8-11)15(16,17)18/h4-5,8,12,21H,3,6-7,9-10H2,1-2H3. The molecule has 1 aromatic carbocycles. The van der Waals surface area contributed by atoms with Gasteiger partial charge in [-0.2, -0.15) is 13.2 Å². The Morgan fingerprint density at radius 2 is 2.00 bits per heavy atom. The molecule has 1 N–H and O–H groups in total. The minimum absolute atomic E-state index is 0.443. The van der Waals surface area contributed by atoms with Gasteiger partial charge in [0.2, 0.25) is 0 Å². The van der Waals surface area contributed by atoms with Crippen LogP contribution in [0.3, 0.4) is 0 Å². The maximum Gasteiger partial charge on any atom is 0.419 e. The zero-order valence-corrected chi connectivity index (χ0v) is 12.3. The number of halogens is 3. The molecule has 1 unspecified atom stereocenters. The van der Waals surface area contributed by atoms with Gasteiger partial charge in [0.1, 0.15) is 5.75 Å². The second-order valence-electron chi connectivity index (χ2n) is 5.63. The lowest BCUT2D eigenvalue weighted by Crippen LogP contribution is -2.50. The molecule has 1 aliphatic heterocycles. The molecule has 0 aromatic heterocycles. The monoisotopic (exact) mass is 302 g/mol. The van der Waals surface area contributed by atoms with E-state index in [9.17, 15) is 18.3 Å². The molecule has 3 nitrogen and oxygen atoms in total. The first-order chi connectivity index (χ1) is 9.81. The number of piperazine rings is 1. The van der Waals surface area contributed by atoms with Crippen molar-refractivity contribution in [1.29, 1.82) is 0 Å². The first-order valence-corrected chi connectivity index (χ1v) is 7.13. The molecular formula is C15H21F3N2O. The second-order valence-corrected chi connectivity index (χ2v) is 5.63. The van der Waals surface area contributed by atoms with Crippen molar-refractivity contribution < 1.29 is 18.3 Å². The molecule has 0 radical (unpaired) electrons. The average Bonchev–Trinajstić information content (AvgIpc) is 2.42. The zero-order chi connectivity index (χ0) is 15.6. The van der Waals surface area contributed by atoms with Gasteiger partial charge in [-0.3, -0.25) is 4.90 Å². The Balaban J connectivity index is 2.10. The fraction of sp³-hybridized carbons (Fsp3) is 0.600. The van der Waals surface area contributed by atoms with Gasteiger partial charge in [0.05, 0.1) is 5.56 Å². The molecule has 118 valence electrons. The summed E-state index contributed by atoms with van der Waals surface area (Å²) >= 11 is 0. The quantitative estimate of drug-likeness (QED) is 0.930. The maximum atomic E-state index is 12.8. The Hall–Kier alpha value is -1.27. The van der Waals surface area contributed by atoms with Crippen molar-refractivity contribution in [2.75, 3.05) is 26.7 Å². The lowest BCUT2D eigenvalue weighted by Gasteiger charge is -2.39. The molecule has 0 spiro atoms. The van der Waals surface area contributed by atoms with Crippen molar-refractivity contribution in [3.05, 3.63) is 29.3 Å². The summed E-state index contributed by atoms with van der Waals surface area (Å²) in [5.74, 6) is -0.712. The molecular weight excluding hydrogens is 281 g/mol. The molecule has 0 bridgehead atoms. The van der Waals surface area contributed by atoms with E-state index in [1.807, 2.05) is 0 Å². The summed E-state index contributed by atoms with van der Waals surface area (Å²) in [5.41, 5.74) is -0.374. The summed E-state index contributed by atoms with van der Waals surface area (Å²) in [6, 6.07) is 4.18. The smallest absolute Gasteiger partial charge is 0.419 e. The van der Waals surface area contributed by atoms with Gasteiger partial charge in [-0.15, -0.1) is 0 Å². The molecule has 21 heavy (non-hydrogen) atoms. The molecule has 2 rings (SSSR count). The number of hydrogen-bond acceptors (Lipinski definition) is 3. The van der Waals surface area contributed by atoms with Gasteiger partial charge in [0, 0.05) is 32.2 Å². The third kappa shape index (κ3) is 3.89. The third-order valence-electron chi connectivity index (χ3n) is 4.11. The third-order valence-corrected chi connectivity index (χ3v) is 4.11. The first kappa shape index (κ1) is 16.1. The molecule has 1 fully saturated rings. The molecule has 1 heterocycles. The summed E-state index contributed by atoms with van der Waals surface area (Å²) < 4.78 is 38.4. The van der Waals surface area contributed by atoms with Crippen molar-refractivity contribution >= 4 is 0 Å². The number of phenolic OH excluding ortho intramolecular Hbond substituents is 1. The van der Waals surface area contributed by atoms with Gasteiger partial charge >= 0.3 is 6.18 Å². The average molecular weight is 302 g/mol. The molecule has 1 saturated heterocycles. The molecule has 0 amide bonds. The lowest BCUT2D eigenvalue weighted by atomic mass is 10.1. The number of hydrogen-bond donors (Lipinski definition) is 1. The molecule has 1 atom stereocenters. The highest BCUT2D eigenvalue weighted by Gasteiger charge is 2.34. The highest BCUT2D eigenvalue weighted by molar-refractivity contribution is 5.38. The van der Waals surface area contributed by atoms with Gasteiger partial charge < -0.3 is 10.0 Å². The Labute approximate surface area is 123 Å². The molecule has 1 aromatic rings.